The Kier molecular flexibility index (Phi) is 4.20. The Morgan fingerprint density at radius 2 is 1.05 bits per heavy atom. The highest BCUT2D eigenvalue weighted by Gasteiger charge is 2.06. The summed E-state index contributed by atoms with van der Waals surface area (Å²) in [5.41, 5.74) is 5.31. The van der Waals surface area contributed by atoms with Crippen molar-refractivity contribution in [2.45, 2.75) is 34.0 Å². The predicted molar refractivity (Wildman–Crippen MR) is 80.7 cm³/mol. The number of rotatable bonds is 4. The van der Waals surface area contributed by atoms with E-state index in [0.717, 1.165) is 34.2 Å². The van der Waals surface area contributed by atoms with Gasteiger partial charge in [0, 0.05) is 34.2 Å². The van der Waals surface area contributed by atoms with Crippen LogP contribution in [0.3, 0.4) is 0 Å². The lowest BCUT2D eigenvalue weighted by Gasteiger charge is -2.18. The van der Waals surface area contributed by atoms with Crippen LogP contribution < -0.4 is 10.6 Å². The summed E-state index contributed by atoms with van der Waals surface area (Å²) in [7, 11) is 0. The summed E-state index contributed by atoms with van der Waals surface area (Å²) in [6.07, 6.45) is -0.877. The fourth-order valence-corrected chi connectivity index (χ4v) is 2.19. The molecule has 2 aromatic rings. The normalized spacial score (nSPS) is 10.7. The van der Waals surface area contributed by atoms with Gasteiger partial charge in [-0.25, -0.2) is 0 Å². The van der Waals surface area contributed by atoms with Crippen molar-refractivity contribution in [3.05, 3.63) is 47.0 Å². The minimum absolute atomic E-state index is 0.831. The number of aliphatic hydroxyl groups excluding tert-OH is 1. The summed E-state index contributed by atoms with van der Waals surface area (Å²) in [6.45, 7) is 7.70. The number of pyridine rings is 2. The van der Waals surface area contributed by atoms with Gasteiger partial charge in [-0.3, -0.25) is 9.97 Å². The van der Waals surface area contributed by atoms with Gasteiger partial charge in [0.1, 0.15) is 0 Å². The molecule has 20 heavy (non-hydrogen) atoms. The SMILES string of the molecule is Cc1cc(NC(O)Nc2cc(C)nc(C)c2)cc(C)n1. The highest BCUT2D eigenvalue weighted by atomic mass is 16.3. The van der Waals surface area contributed by atoms with Gasteiger partial charge in [-0.2, -0.15) is 0 Å². The van der Waals surface area contributed by atoms with Crippen molar-refractivity contribution >= 4 is 11.4 Å². The molecule has 0 amide bonds. The fourth-order valence-electron chi connectivity index (χ4n) is 2.19. The van der Waals surface area contributed by atoms with Gasteiger partial charge in [0.2, 0.25) is 6.35 Å². The first kappa shape index (κ1) is 14.3. The van der Waals surface area contributed by atoms with Crippen molar-refractivity contribution in [1.29, 1.82) is 0 Å². The smallest absolute Gasteiger partial charge is 0.202 e. The molecular weight excluding hydrogens is 252 g/mol. The standard InChI is InChI=1S/C15H20N4O/c1-9-5-13(6-10(2)16-9)18-15(20)19-14-7-11(3)17-12(4)8-14/h5-8,15,20H,1-4H3,(H,16,18)(H,17,19). The molecule has 0 bridgehead atoms. The first-order valence-corrected chi connectivity index (χ1v) is 6.54. The summed E-state index contributed by atoms with van der Waals surface area (Å²) < 4.78 is 0. The van der Waals surface area contributed by atoms with Crippen LogP contribution in [0.1, 0.15) is 22.8 Å². The highest BCUT2D eigenvalue weighted by molar-refractivity contribution is 5.50. The van der Waals surface area contributed by atoms with E-state index in [1.807, 2.05) is 52.0 Å². The van der Waals surface area contributed by atoms with E-state index in [4.69, 9.17) is 0 Å². The lowest BCUT2D eigenvalue weighted by atomic mass is 10.2. The van der Waals surface area contributed by atoms with Gasteiger partial charge in [-0.15, -0.1) is 0 Å². The quantitative estimate of drug-likeness (QED) is 0.746. The largest absolute Gasteiger partial charge is 0.357 e. The average molecular weight is 272 g/mol. The van der Waals surface area contributed by atoms with E-state index in [1.54, 1.807) is 0 Å². The number of aryl methyl sites for hydroxylation is 4. The maximum Gasteiger partial charge on any atom is 0.202 e. The molecule has 0 unspecified atom stereocenters. The molecule has 2 heterocycles. The lowest BCUT2D eigenvalue weighted by Crippen LogP contribution is -2.28. The molecule has 0 saturated heterocycles. The van der Waals surface area contributed by atoms with Crippen LogP contribution in [0.4, 0.5) is 11.4 Å². The van der Waals surface area contributed by atoms with Crippen molar-refractivity contribution in [1.82, 2.24) is 9.97 Å². The Balaban J connectivity index is 2.06. The number of aliphatic hydroxyl groups is 1. The molecular formula is C15H20N4O. The molecule has 106 valence electrons. The van der Waals surface area contributed by atoms with Crippen LogP contribution >= 0.6 is 0 Å². The number of hydrogen-bond donors (Lipinski definition) is 3. The van der Waals surface area contributed by atoms with Crippen LogP contribution in [0, 0.1) is 27.7 Å². The summed E-state index contributed by atoms with van der Waals surface area (Å²) in [6, 6.07) is 7.56. The average Bonchev–Trinajstić information content (AvgIpc) is 2.24. The highest BCUT2D eigenvalue weighted by Crippen LogP contribution is 2.14. The van der Waals surface area contributed by atoms with Gasteiger partial charge in [0.05, 0.1) is 0 Å². The molecule has 3 N–H and O–H groups in total. The van der Waals surface area contributed by atoms with Gasteiger partial charge >= 0.3 is 0 Å². The summed E-state index contributed by atoms with van der Waals surface area (Å²) in [4.78, 5) is 8.60. The first-order valence-electron chi connectivity index (χ1n) is 6.54. The van der Waals surface area contributed by atoms with Crippen LogP contribution in [0.5, 0.6) is 0 Å². The first-order chi connectivity index (χ1) is 9.42. The second-order valence-corrected chi connectivity index (χ2v) is 4.97. The third-order valence-electron chi connectivity index (χ3n) is 2.77. The Hall–Kier alpha value is -2.14. The van der Waals surface area contributed by atoms with Gasteiger partial charge in [-0.05, 0) is 52.0 Å². The van der Waals surface area contributed by atoms with E-state index >= 15 is 0 Å². The van der Waals surface area contributed by atoms with Crippen molar-refractivity contribution in [2.75, 3.05) is 10.6 Å². The molecule has 0 aliphatic heterocycles. The summed E-state index contributed by atoms with van der Waals surface area (Å²) in [5, 5.41) is 16.0. The van der Waals surface area contributed by atoms with E-state index in [9.17, 15) is 5.11 Å². The summed E-state index contributed by atoms with van der Waals surface area (Å²) in [5.74, 6) is 0. The van der Waals surface area contributed by atoms with E-state index in [2.05, 4.69) is 20.6 Å². The van der Waals surface area contributed by atoms with Gasteiger partial charge in [-0.1, -0.05) is 0 Å². The van der Waals surface area contributed by atoms with Crippen molar-refractivity contribution in [3.8, 4) is 0 Å². The Labute approximate surface area is 119 Å². The number of hydrogen-bond acceptors (Lipinski definition) is 5. The van der Waals surface area contributed by atoms with Crippen molar-refractivity contribution < 1.29 is 5.11 Å². The van der Waals surface area contributed by atoms with Crippen LogP contribution in [0.25, 0.3) is 0 Å². The topological polar surface area (TPSA) is 70.1 Å². The van der Waals surface area contributed by atoms with Crippen LogP contribution in [0.2, 0.25) is 0 Å². The molecule has 5 heteroatoms. The van der Waals surface area contributed by atoms with Crippen LogP contribution in [-0.4, -0.2) is 21.4 Å². The zero-order chi connectivity index (χ0) is 14.7. The van der Waals surface area contributed by atoms with Gasteiger partial charge < -0.3 is 15.7 Å². The third-order valence-corrected chi connectivity index (χ3v) is 2.77. The van der Waals surface area contributed by atoms with E-state index in [-0.39, 0.29) is 0 Å². The van der Waals surface area contributed by atoms with Crippen LogP contribution in [-0.2, 0) is 0 Å². The predicted octanol–water partition coefficient (Wildman–Crippen LogP) is 2.51. The monoisotopic (exact) mass is 272 g/mol. The number of anilines is 2. The van der Waals surface area contributed by atoms with Crippen LogP contribution in [0.15, 0.2) is 24.3 Å². The molecule has 0 atom stereocenters. The molecule has 0 aliphatic carbocycles. The maximum absolute atomic E-state index is 10.1. The molecule has 0 radical (unpaired) electrons. The minimum atomic E-state index is -0.877. The minimum Gasteiger partial charge on any atom is -0.357 e. The second kappa shape index (κ2) is 5.88. The number of nitrogens with one attached hydrogen (secondary N) is 2. The van der Waals surface area contributed by atoms with Crippen molar-refractivity contribution in [2.24, 2.45) is 0 Å². The Bertz CT molecular complexity index is 519. The van der Waals surface area contributed by atoms with Gasteiger partial charge in [0.25, 0.3) is 0 Å². The van der Waals surface area contributed by atoms with Gasteiger partial charge in [0.15, 0.2) is 0 Å². The fraction of sp³-hybridized carbons (Fsp3) is 0.333. The molecule has 5 nitrogen and oxygen atoms in total. The van der Waals surface area contributed by atoms with E-state index < -0.39 is 6.35 Å². The molecule has 0 spiro atoms. The molecule has 2 aromatic heterocycles. The second-order valence-electron chi connectivity index (χ2n) is 4.97. The Morgan fingerprint density at radius 3 is 1.35 bits per heavy atom. The zero-order valence-corrected chi connectivity index (χ0v) is 12.2. The molecule has 0 saturated carbocycles. The van der Waals surface area contributed by atoms with Crippen molar-refractivity contribution in [3.63, 3.8) is 0 Å². The Morgan fingerprint density at radius 1 is 0.750 bits per heavy atom. The summed E-state index contributed by atoms with van der Waals surface area (Å²) >= 11 is 0. The molecule has 0 aromatic carbocycles. The lowest BCUT2D eigenvalue weighted by molar-refractivity contribution is 0.233. The zero-order valence-electron chi connectivity index (χ0n) is 12.2. The molecule has 0 aliphatic rings. The number of aromatic nitrogens is 2. The molecule has 0 fully saturated rings. The third kappa shape index (κ3) is 3.93. The van der Waals surface area contributed by atoms with E-state index in [1.165, 1.54) is 0 Å². The van der Waals surface area contributed by atoms with E-state index in [0.29, 0.717) is 0 Å². The molecule has 2 rings (SSSR count). The number of nitrogens with zero attached hydrogens (tertiary/aromatic N) is 2. The maximum atomic E-state index is 10.1.